The summed E-state index contributed by atoms with van der Waals surface area (Å²) < 4.78 is 1.10. The number of hydrogen-bond acceptors (Lipinski definition) is 3. The smallest absolute Gasteiger partial charge is 0.0951 e. The fraction of sp³-hybridized carbons (Fsp3) is 0.300. The van der Waals surface area contributed by atoms with Crippen molar-refractivity contribution < 1.29 is 0 Å². The fourth-order valence-corrected chi connectivity index (χ4v) is 2.55. The first-order chi connectivity index (χ1) is 6.81. The van der Waals surface area contributed by atoms with Crippen LogP contribution in [-0.2, 0) is 6.42 Å². The number of halogens is 1. The van der Waals surface area contributed by atoms with Gasteiger partial charge in [0.15, 0.2) is 0 Å². The van der Waals surface area contributed by atoms with Crippen molar-refractivity contribution in [2.24, 2.45) is 0 Å². The largest absolute Gasteiger partial charge is 0.319 e. The van der Waals surface area contributed by atoms with Crippen molar-refractivity contribution >= 4 is 33.2 Å². The predicted molar refractivity (Wildman–Crippen MR) is 62.3 cm³/mol. The molecule has 0 saturated heterocycles. The number of nitrogens with zero attached hydrogens (tertiary/aromatic N) is 1. The summed E-state index contributed by atoms with van der Waals surface area (Å²) in [7, 11) is 1.94. The highest BCUT2D eigenvalue weighted by molar-refractivity contribution is 7.19. The van der Waals surface area contributed by atoms with Gasteiger partial charge in [0.2, 0.25) is 0 Å². The average molecular weight is 227 g/mol. The second kappa shape index (κ2) is 4.26. The van der Waals surface area contributed by atoms with Gasteiger partial charge in [0.05, 0.1) is 20.2 Å². The van der Waals surface area contributed by atoms with Gasteiger partial charge in [-0.2, -0.15) is 0 Å². The highest BCUT2D eigenvalue weighted by Gasteiger charge is 2.05. The summed E-state index contributed by atoms with van der Waals surface area (Å²) in [5.41, 5.74) is 1.01. The molecule has 0 aliphatic rings. The highest BCUT2D eigenvalue weighted by atomic mass is 35.5. The van der Waals surface area contributed by atoms with Crippen LogP contribution >= 0.6 is 22.9 Å². The van der Waals surface area contributed by atoms with E-state index in [1.165, 1.54) is 0 Å². The van der Waals surface area contributed by atoms with Crippen LogP contribution in [0.3, 0.4) is 0 Å². The molecule has 0 amide bonds. The zero-order chi connectivity index (χ0) is 9.97. The van der Waals surface area contributed by atoms with E-state index in [4.69, 9.17) is 11.6 Å². The van der Waals surface area contributed by atoms with E-state index < -0.39 is 0 Å². The van der Waals surface area contributed by atoms with Gasteiger partial charge >= 0.3 is 0 Å². The molecule has 2 aromatic rings. The van der Waals surface area contributed by atoms with Crippen LogP contribution in [0, 0.1) is 0 Å². The molecule has 1 heterocycles. The van der Waals surface area contributed by atoms with Gasteiger partial charge < -0.3 is 5.32 Å². The van der Waals surface area contributed by atoms with Gasteiger partial charge in [-0.1, -0.05) is 17.7 Å². The van der Waals surface area contributed by atoms with E-state index in [-0.39, 0.29) is 0 Å². The van der Waals surface area contributed by atoms with E-state index >= 15 is 0 Å². The number of thiazole rings is 1. The van der Waals surface area contributed by atoms with Gasteiger partial charge in [-0.3, -0.25) is 0 Å². The Morgan fingerprint density at radius 1 is 1.50 bits per heavy atom. The van der Waals surface area contributed by atoms with Crippen LogP contribution < -0.4 is 5.32 Å². The van der Waals surface area contributed by atoms with Crippen LogP contribution in [0.5, 0.6) is 0 Å². The molecule has 2 nitrogen and oxygen atoms in total. The topological polar surface area (TPSA) is 24.9 Å². The van der Waals surface area contributed by atoms with Crippen molar-refractivity contribution in [3.63, 3.8) is 0 Å². The molecule has 0 unspecified atom stereocenters. The highest BCUT2D eigenvalue weighted by Crippen LogP contribution is 2.28. The molecule has 74 valence electrons. The molecule has 1 aromatic heterocycles. The lowest BCUT2D eigenvalue weighted by Gasteiger charge is -1.92. The first kappa shape index (κ1) is 9.90. The van der Waals surface area contributed by atoms with Gasteiger partial charge in [0, 0.05) is 13.0 Å². The SMILES string of the molecule is CNCCc1nc2cccc(Cl)c2s1. The van der Waals surface area contributed by atoms with Crippen molar-refractivity contribution in [3.05, 3.63) is 28.2 Å². The van der Waals surface area contributed by atoms with E-state index in [2.05, 4.69) is 10.3 Å². The minimum absolute atomic E-state index is 0.802. The Labute approximate surface area is 91.9 Å². The maximum Gasteiger partial charge on any atom is 0.0951 e. The zero-order valence-electron chi connectivity index (χ0n) is 7.88. The van der Waals surface area contributed by atoms with E-state index in [0.717, 1.165) is 33.2 Å². The van der Waals surface area contributed by atoms with Crippen LogP contribution in [0.4, 0.5) is 0 Å². The van der Waals surface area contributed by atoms with Crippen molar-refractivity contribution in [2.75, 3.05) is 13.6 Å². The zero-order valence-corrected chi connectivity index (χ0v) is 9.45. The first-order valence-electron chi connectivity index (χ1n) is 4.50. The monoisotopic (exact) mass is 226 g/mol. The summed E-state index contributed by atoms with van der Waals surface area (Å²) in [5, 5.41) is 5.05. The average Bonchev–Trinajstić information content (AvgIpc) is 2.59. The molecular weight excluding hydrogens is 216 g/mol. The number of aromatic nitrogens is 1. The minimum Gasteiger partial charge on any atom is -0.319 e. The fourth-order valence-electron chi connectivity index (χ4n) is 1.30. The van der Waals surface area contributed by atoms with Crippen molar-refractivity contribution in [3.8, 4) is 0 Å². The molecule has 1 aromatic carbocycles. The molecule has 0 aliphatic heterocycles. The summed E-state index contributed by atoms with van der Waals surface area (Å²) in [5.74, 6) is 0. The van der Waals surface area contributed by atoms with Gasteiger partial charge in [-0.25, -0.2) is 4.98 Å². The third-order valence-corrected chi connectivity index (χ3v) is 3.59. The predicted octanol–water partition coefficient (Wildman–Crippen LogP) is 2.71. The van der Waals surface area contributed by atoms with Gasteiger partial charge in [0.25, 0.3) is 0 Å². The number of benzene rings is 1. The summed E-state index contributed by atoms with van der Waals surface area (Å²) in [6.07, 6.45) is 0.964. The number of rotatable bonds is 3. The minimum atomic E-state index is 0.802. The lowest BCUT2D eigenvalue weighted by molar-refractivity contribution is 0.789. The van der Waals surface area contributed by atoms with Crippen LogP contribution in [-0.4, -0.2) is 18.6 Å². The molecule has 14 heavy (non-hydrogen) atoms. The molecule has 0 saturated carbocycles. The molecule has 4 heteroatoms. The van der Waals surface area contributed by atoms with Gasteiger partial charge in [-0.15, -0.1) is 11.3 Å². The molecule has 0 bridgehead atoms. The molecule has 0 radical (unpaired) electrons. The van der Waals surface area contributed by atoms with E-state index in [9.17, 15) is 0 Å². The van der Waals surface area contributed by atoms with Crippen LogP contribution in [0.1, 0.15) is 5.01 Å². The second-order valence-corrected chi connectivity index (χ2v) is 4.54. The molecule has 0 atom stereocenters. The number of nitrogens with one attached hydrogen (secondary N) is 1. The van der Waals surface area contributed by atoms with Crippen molar-refractivity contribution in [1.29, 1.82) is 0 Å². The molecule has 1 N–H and O–H groups in total. The Kier molecular flexibility index (Phi) is 3.01. The van der Waals surface area contributed by atoms with Crippen LogP contribution in [0.25, 0.3) is 10.2 Å². The van der Waals surface area contributed by atoms with E-state index in [1.807, 2.05) is 25.2 Å². The summed E-state index contributed by atoms with van der Waals surface area (Å²) in [6, 6.07) is 5.84. The lowest BCUT2D eigenvalue weighted by atomic mass is 10.3. The number of fused-ring (bicyclic) bond motifs is 1. The maximum atomic E-state index is 6.06. The lowest BCUT2D eigenvalue weighted by Crippen LogP contribution is -2.09. The second-order valence-electron chi connectivity index (χ2n) is 3.05. The molecular formula is C10H11ClN2S. The van der Waals surface area contributed by atoms with Crippen LogP contribution in [0.2, 0.25) is 5.02 Å². The standard InChI is InChI=1S/C10H11ClN2S/c1-12-6-5-9-13-8-4-2-3-7(11)10(8)14-9/h2-4,12H,5-6H2,1H3. The third kappa shape index (κ3) is 1.90. The van der Waals surface area contributed by atoms with Gasteiger partial charge in [-0.05, 0) is 19.2 Å². The molecule has 0 fully saturated rings. The number of likely N-dealkylation sites (N-methyl/N-ethyl adjacent to an activating group) is 1. The van der Waals surface area contributed by atoms with Crippen LogP contribution in [0.15, 0.2) is 18.2 Å². The Morgan fingerprint density at radius 3 is 3.07 bits per heavy atom. The third-order valence-electron chi connectivity index (χ3n) is 2.00. The maximum absolute atomic E-state index is 6.06. The quantitative estimate of drug-likeness (QED) is 0.871. The first-order valence-corrected chi connectivity index (χ1v) is 5.69. The summed E-state index contributed by atoms with van der Waals surface area (Å²) in [4.78, 5) is 4.51. The number of hydrogen-bond donors (Lipinski definition) is 1. The molecule has 0 aliphatic carbocycles. The summed E-state index contributed by atoms with van der Waals surface area (Å²) in [6.45, 7) is 0.956. The molecule has 0 spiro atoms. The Bertz CT molecular complexity index is 439. The van der Waals surface area contributed by atoms with E-state index in [1.54, 1.807) is 11.3 Å². The molecule has 2 rings (SSSR count). The Morgan fingerprint density at radius 2 is 2.36 bits per heavy atom. The van der Waals surface area contributed by atoms with Crippen molar-refractivity contribution in [1.82, 2.24) is 10.3 Å². The summed E-state index contributed by atoms with van der Waals surface area (Å²) >= 11 is 7.74. The Balaban J connectivity index is 2.36. The van der Waals surface area contributed by atoms with Crippen molar-refractivity contribution in [2.45, 2.75) is 6.42 Å². The Hall–Kier alpha value is -0.640. The normalized spacial score (nSPS) is 11.0. The van der Waals surface area contributed by atoms with Gasteiger partial charge in [0.1, 0.15) is 0 Å². The van der Waals surface area contributed by atoms with E-state index in [0.29, 0.717) is 0 Å².